The summed E-state index contributed by atoms with van der Waals surface area (Å²) in [5, 5.41) is 25.7. The average molecular weight is 475 g/mol. The van der Waals surface area contributed by atoms with Crippen molar-refractivity contribution in [3.05, 3.63) is 0 Å². The molecule has 0 rings (SSSR count). The van der Waals surface area contributed by atoms with Crippen molar-refractivity contribution in [1.29, 1.82) is 0 Å². The number of aliphatic hydroxyl groups excluding tert-OH is 1. The number of hydrogen-bond acceptors (Lipinski definition) is 8. The lowest BCUT2D eigenvalue weighted by Crippen LogP contribution is -2.57. The third kappa shape index (κ3) is 12.7. The largest absolute Gasteiger partial charge is 0.480 e. The molecule has 0 saturated heterocycles. The zero-order valence-electron chi connectivity index (χ0n) is 19.2. The quantitative estimate of drug-likeness (QED) is 0.102. The second-order valence-corrected chi connectivity index (χ2v) is 8.23. The van der Waals surface area contributed by atoms with Crippen molar-refractivity contribution in [3.63, 3.8) is 0 Å². The number of aliphatic hydroxyl groups is 1. The lowest BCUT2D eigenvalue weighted by atomic mass is 10.0. The van der Waals surface area contributed by atoms with Crippen LogP contribution in [-0.2, 0) is 24.0 Å². The Morgan fingerprint density at radius 1 is 0.848 bits per heavy atom. The number of aliphatic carboxylic acids is 1. The fourth-order valence-corrected chi connectivity index (χ4v) is 2.92. The highest BCUT2D eigenvalue weighted by atomic mass is 16.4. The van der Waals surface area contributed by atoms with Crippen LogP contribution in [0.2, 0.25) is 0 Å². The van der Waals surface area contributed by atoms with Crippen LogP contribution in [0.3, 0.4) is 0 Å². The van der Waals surface area contributed by atoms with Crippen LogP contribution in [0.5, 0.6) is 0 Å². The number of nitrogens with one attached hydrogen (secondary N) is 3. The molecule has 0 aromatic carbocycles. The van der Waals surface area contributed by atoms with Gasteiger partial charge in [0, 0.05) is 6.42 Å². The molecule has 0 heterocycles. The van der Waals surface area contributed by atoms with Crippen molar-refractivity contribution < 1.29 is 34.2 Å². The molecule has 0 fully saturated rings. The van der Waals surface area contributed by atoms with E-state index in [1.54, 1.807) is 0 Å². The Morgan fingerprint density at radius 3 is 1.82 bits per heavy atom. The molecule has 4 amide bonds. The molecular formula is C20H38N6O7. The standard InChI is InChI=1S/C20H38N6O7/c1-11(2)9-15(20(32)33)26-18(30)13(5-3-4-8-21)25-19(31)14(6-7-16(23)28)24-17(29)12(22)10-27/h11-15,27H,3-10,21-22H2,1-2H3,(H2,23,28)(H,24,29)(H,25,31)(H,26,30)(H,32,33). The number of carbonyl (C=O) groups excluding carboxylic acids is 4. The maximum atomic E-state index is 12.8. The molecule has 13 nitrogen and oxygen atoms in total. The average Bonchev–Trinajstić information content (AvgIpc) is 2.73. The summed E-state index contributed by atoms with van der Waals surface area (Å²) in [5.41, 5.74) is 16.1. The number of unbranched alkanes of at least 4 members (excludes halogenated alkanes) is 1. The van der Waals surface area contributed by atoms with E-state index in [1.165, 1.54) is 0 Å². The minimum Gasteiger partial charge on any atom is -0.480 e. The molecule has 4 atom stereocenters. The fraction of sp³-hybridized carbons (Fsp3) is 0.750. The highest BCUT2D eigenvalue weighted by Gasteiger charge is 2.30. The molecular weight excluding hydrogens is 436 g/mol. The Balaban J connectivity index is 5.52. The zero-order valence-corrected chi connectivity index (χ0v) is 19.2. The van der Waals surface area contributed by atoms with Gasteiger partial charge in [-0.3, -0.25) is 19.2 Å². The minimum absolute atomic E-state index is 0.000747. The highest BCUT2D eigenvalue weighted by molar-refractivity contribution is 5.94. The second kappa shape index (κ2) is 15.9. The van der Waals surface area contributed by atoms with E-state index in [2.05, 4.69) is 16.0 Å². The number of amides is 4. The zero-order chi connectivity index (χ0) is 25.6. The monoisotopic (exact) mass is 474 g/mol. The molecule has 0 aliphatic carbocycles. The van der Waals surface area contributed by atoms with Crippen LogP contribution in [0.15, 0.2) is 0 Å². The Morgan fingerprint density at radius 2 is 1.36 bits per heavy atom. The van der Waals surface area contributed by atoms with Crippen LogP contribution in [-0.4, -0.2) is 77.1 Å². The van der Waals surface area contributed by atoms with E-state index in [9.17, 15) is 29.1 Å². The SMILES string of the molecule is CC(C)CC(NC(=O)C(CCCCN)NC(=O)C(CCC(N)=O)NC(=O)C(N)CO)C(=O)O. The van der Waals surface area contributed by atoms with E-state index in [-0.39, 0.29) is 31.6 Å². The number of carboxylic acid groups (broad SMARTS) is 1. The van der Waals surface area contributed by atoms with Crippen molar-refractivity contribution in [2.45, 2.75) is 76.5 Å². The summed E-state index contributed by atoms with van der Waals surface area (Å²) in [6.07, 6.45) is 1.03. The van der Waals surface area contributed by atoms with Gasteiger partial charge < -0.3 is 43.4 Å². The van der Waals surface area contributed by atoms with Crippen LogP contribution in [0, 0.1) is 5.92 Å². The first-order valence-electron chi connectivity index (χ1n) is 10.9. The highest BCUT2D eigenvalue weighted by Crippen LogP contribution is 2.08. The summed E-state index contributed by atoms with van der Waals surface area (Å²) in [6, 6.07) is -4.78. The number of hydrogen-bond donors (Lipinski definition) is 8. The van der Waals surface area contributed by atoms with Crippen molar-refractivity contribution >= 4 is 29.6 Å². The van der Waals surface area contributed by atoms with Gasteiger partial charge in [0.1, 0.15) is 24.2 Å². The van der Waals surface area contributed by atoms with Crippen molar-refractivity contribution in [2.75, 3.05) is 13.2 Å². The smallest absolute Gasteiger partial charge is 0.326 e. The Kier molecular flexibility index (Phi) is 14.6. The predicted molar refractivity (Wildman–Crippen MR) is 119 cm³/mol. The van der Waals surface area contributed by atoms with Crippen molar-refractivity contribution in [3.8, 4) is 0 Å². The predicted octanol–water partition coefficient (Wildman–Crippen LogP) is -2.71. The van der Waals surface area contributed by atoms with Gasteiger partial charge in [-0.1, -0.05) is 13.8 Å². The first-order chi connectivity index (χ1) is 15.4. The normalized spacial score (nSPS) is 14.6. The van der Waals surface area contributed by atoms with Gasteiger partial charge in [0.05, 0.1) is 6.61 Å². The molecule has 0 bridgehead atoms. The summed E-state index contributed by atoms with van der Waals surface area (Å²) in [5.74, 6) is -4.20. The molecule has 0 aromatic rings. The van der Waals surface area contributed by atoms with Gasteiger partial charge in [-0.05, 0) is 44.6 Å². The third-order valence-corrected chi connectivity index (χ3v) is 4.75. The Hall–Kier alpha value is -2.77. The Labute approximate surface area is 193 Å². The molecule has 0 aromatic heterocycles. The summed E-state index contributed by atoms with van der Waals surface area (Å²) >= 11 is 0. The molecule has 13 heteroatoms. The van der Waals surface area contributed by atoms with Gasteiger partial charge in [-0.25, -0.2) is 4.79 Å². The lowest BCUT2D eigenvalue weighted by Gasteiger charge is -2.25. The minimum atomic E-state index is -1.29. The molecule has 0 aliphatic rings. The van der Waals surface area contributed by atoms with E-state index >= 15 is 0 Å². The van der Waals surface area contributed by atoms with Gasteiger partial charge in [0.25, 0.3) is 0 Å². The first-order valence-corrected chi connectivity index (χ1v) is 10.9. The van der Waals surface area contributed by atoms with E-state index in [0.29, 0.717) is 19.4 Å². The summed E-state index contributed by atoms with van der Waals surface area (Å²) in [4.78, 5) is 60.3. The molecule has 4 unspecified atom stereocenters. The van der Waals surface area contributed by atoms with Gasteiger partial charge in [-0.2, -0.15) is 0 Å². The van der Waals surface area contributed by atoms with E-state index < -0.39 is 60.4 Å². The summed E-state index contributed by atoms with van der Waals surface area (Å²) < 4.78 is 0. The third-order valence-electron chi connectivity index (χ3n) is 4.75. The molecule has 0 radical (unpaired) electrons. The van der Waals surface area contributed by atoms with Gasteiger partial charge in [-0.15, -0.1) is 0 Å². The second-order valence-electron chi connectivity index (χ2n) is 8.23. The van der Waals surface area contributed by atoms with Crippen LogP contribution >= 0.6 is 0 Å². The number of rotatable bonds is 17. The lowest BCUT2D eigenvalue weighted by molar-refractivity contribution is -0.142. The molecule has 33 heavy (non-hydrogen) atoms. The summed E-state index contributed by atoms with van der Waals surface area (Å²) in [7, 11) is 0. The molecule has 0 aliphatic heterocycles. The van der Waals surface area contributed by atoms with Gasteiger partial charge in [0.2, 0.25) is 23.6 Å². The van der Waals surface area contributed by atoms with Crippen LogP contribution in [0.4, 0.5) is 0 Å². The topological polar surface area (TPSA) is 240 Å². The maximum Gasteiger partial charge on any atom is 0.326 e. The fourth-order valence-electron chi connectivity index (χ4n) is 2.92. The summed E-state index contributed by atoms with van der Waals surface area (Å²) in [6.45, 7) is 3.33. The van der Waals surface area contributed by atoms with Crippen LogP contribution in [0.1, 0.15) is 52.4 Å². The number of carbonyl (C=O) groups is 5. The number of nitrogens with two attached hydrogens (primary N) is 3. The van der Waals surface area contributed by atoms with Crippen molar-refractivity contribution in [1.82, 2.24) is 16.0 Å². The van der Waals surface area contributed by atoms with E-state index in [0.717, 1.165) is 0 Å². The number of carboxylic acids is 1. The van der Waals surface area contributed by atoms with Crippen LogP contribution in [0.25, 0.3) is 0 Å². The molecule has 190 valence electrons. The van der Waals surface area contributed by atoms with Crippen LogP contribution < -0.4 is 33.2 Å². The Bertz CT molecular complexity index is 673. The molecule has 0 spiro atoms. The van der Waals surface area contributed by atoms with Gasteiger partial charge >= 0.3 is 5.97 Å². The maximum absolute atomic E-state index is 12.8. The van der Waals surface area contributed by atoms with Crippen molar-refractivity contribution in [2.24, 2.45) is 23.1 Å². The number of primary amides is 1. The first kappa shape index (κ1) is 30.2. The van der Waals surface area contributed by atoms with Gasteiger partial charge in [0.15, 0.2) is 0 Å². The van der Waals surface area contributed by atoms with E-state index in [4.69, 9.17) is 22.3 Å². The molecule has 11 N–H and O–H groups in total. The molecule has 0 saturated carbocycles. The van der Waals surface area contributed by atoms with E-state index in [1.807, 2.05) is 13.8 Å².